The van der Waals surface area contributed by atoms with Crippen LogP contribution in [-0.4, -0.2) is 99.1 Å². The van der Waals surface area contributed by atoms with Crippen molar-refractivity contribution in [2.45, 2.75) is 19.6 Å². The molecule has 0 aromatic carbocycles. The third-order valence-corrected chi connectivity index (χ3v) is 6.93. The Labute approximate surface area is 170 Å². The van der Waals surface area contributed by atoms with Crippen molar-refractivity contribution in [2.75, 3.05) is 65.8 Å². The van der Waals surface area contributed by atoms with E-state index in [2.05, 4.69) is 9.82 Å². The minimum absolute atomic E-state index is 0.123. The predicted octanol–water partition coefficient (Wildman–Crippen LogP) is -1.41. The molecule has 0 saturated carbocycles. The number of carbonyl (C=O) groups is 1. The minimum atomic E-state index is -3.55. The molecule has 1 aromatic rings. The highest BCUT2D eigenvalue weighted by Crippen LogP contribution is 2.22. The van der Waals surface area contributed by atoms with Crippen LogP contribution in [0.4, 0.5) is 0 Å². The van der Waals surface area contributed by atoms with Crippen LogP contribution in [0.1, 0.15) is 21.7 Å². The second-order valence-corrected chi connectivity index (χ2v) is 8.87. The van der Waals surface area contributed by atoms with Crippen molar-refractivity contribution in [3.05, 3.63) is 17.0 Å². The lowest BCUT2D eigenvalue weighted by Crippen LogP contribution is -2.47. The summed E-state index contributed by atoms with van der Waals surface area (Å²) < 4.78 is 46.7. The molecule has 4 rings (SSSR count). The van der Waals surface area contributed by atoms with E-state index in [-0.39, 0.29) is 12.5 Å². The van der Waals surface area contributed by atoms with Crippen LogP contribution in [0.3, 0.4) is 0 Å². The maximum atomic E-state index is 12.9. The second kappa shape index (κ2) is 9.06. The summed E-state index contributed by atoms with van der Waals surface area (Å²) in [7, 11) is -3.55. The molecule has 1 N–H and O–H groups in total. The van der Waals surface area contributed by atoms with Gasteiger partial charge in [-0.25, -0.2) is 4.72 Å². The summed E-state index contributed by atoms with van der Waals surface area (Å²) in [6.45, 7) is 5.08. The van der Waals surface area contributed by atoms with Gasteiger partial charge in [0.2, 0.25) is 0 Å². The van der Waals surface area contributed by atoms with Gasteiger partial charge in [-0.05, 0) is 0 Å². The highest BCUT2D eigenvalue weighted by Gasteiger charge is 2.29. The molecule has 29 heavy (non-hydrogen) atoms. The molecule has 1 aromatic heterocycles. The summed E-state index contributed by atoms with van der Waals surface area (Å²) in [6.07, 6.45) is 0.648. The SMILES string of the molecule is O=C(c1nn(CCNS(=O)(=O)N2CCOCC2)c2c1COCC2)N1CCOCC1. The monoisotopic (exact) mass is 429 g/mol. The topological polar surface area (TPSA) is 115 Å². The van der Waals surface area contributed by atoms with Gasteiger partial charge >= 0.3 is 0 Å². The first-order valence-electron chi connectivity index (χ1n) is 9.92. The molecule has 0 unspecified atom stereocenters. The zero-order valence-corrected chi connectivity index (χ0v) is 17.2. The Bertz CT molecular complexity index is 830. The lowest BCUT2D eigenvalue weighted by atomic mass is 10.1. The summed E-state index contributed by atoms with van der Waals surface area (Å²) in [5.74, 6) is -0.123. The molecule has 0 bridgehead atoms. The average molecular weight is 429 g/mol. The molecule has 12 heteroatoms. The summed E-state index contributed by atoms with van der Waals surface area (Å²) in [4.78, 5) is 14.7. The van der Waals surface area contributed by atoms with Crippen LogP contribution >= 0.6 is 0 Å². The molecule has 0 aliphatic carbocycles. The molecule has 3 aliphatic heterocycles. The number of fused-ring (bicyclic) bond motifs is 1. The van der Waals surface area contributed by atoms with Crippen LogP contribution in [0, 0.1) is 0 Å². The van der Waals surface area contributed by atoms with Gasteiger partial charge in [-0.2, -0.15) is 17.8 Å². The number of nitrogens with zero attached hydrogens (tertiary/aromatic N) is 4. The number of hydrogen-bond donors (Lipinski definition) is 1. The normalized spacial score (nSPS) is 21.2. The molecule has 0 atom stereocenters. The van der Waals surface area contributed by atoms with Crippen molar-refractivity contribution in [2.24, 2.45) is 0 Å². The Morgan fingerprint density at radius 2 is 1.69 bits per heavy atom. The van der Waals surface area contributed by atoms with Crippen molar-refractivity contribution in [3.8, 4) is 0 Å². The first kappa shape index (κ1) is 20.7. The minimum Gasteiger partial charge on any atom is -0.379 e. The van der Waals surface area contributed by atoms with E-state index in [1.807, 2.05) is 0 Å². The fourth-order valence-electron chi connectivity index (χ4n) is 3.74. The van der Waals surface area contributed by atoms with Crippen molar-refractivity contribution in [3.63, 3.8) is 0 Å². The molecule has 4 heterocycles. The third-order valence-electron chi connectivity index (χ3n) is 5.31. The average Bonchev–Trinajstić information content (AvgIpc) is 3.13. The van der Waals surface area contributed by atoms with Crippen molar-refractivity contribution in [1.82, 2.24) is 23.7 Å². The van der Waals surface area contributed by atoms with Gasteiger partial charge < -0.3 is 19.1 Å². The molecular weight excluding hydrogens is 402 g/mol. The van der Waals surface area contributed by atoms with Gasteiger partial charge in [0.1, 0.15) is 0 Å². The molecule has 2 saturated heterocycles. The van der Waals surface area contributed by atoms with E-state index in [9.17, 15) is 13.2 Å². The number of amides is 1. The maximum Gasteiger partial charge on any atom is 0.279 e. The molecule has 0 spiro atoms. The van der Waals surface area contributed by atoms with Crippen LogP contribution in [0.5, 0.6) is 0 Å². The number of morpholine rings is 2. The van der Waals surface area contributed by atoms with E-state index in [1.165, 1.54) is 4.31 Å². The van der Waals surface area contributed by atoms with Crippen molar-refractivity contribution < 1.29 is 27.4 Å². The Morgan fingerprint density at radius 1 is 1.00 bits per heavy atom. The van der Waals surface area contributed by atoms with Crippen LogP contribution in [0.25, 0.3) is 0 Å². The highest BCUT2D eigenvalue weighted by molar-refractivity contribution is 7.87. The summed E-state index contributed by atoms with van der Waals surface area (Å²) in [6, 6.07) is 0. The Hall–Kier alpha value is -1.57. The Kier molecular flexibility index (Phi) is 6.47. The van der Waals surface area contributed by atoms with Gasteiger partial charge in [0.25, 0.3) is 16.1 Å². The maximum absolute atomic E-state index is 12.9. The first-order valence-corrected chi connectivity index (χ1v) is 11.4. The van der Waals surface area contributed by atoms with E-state index in [1.54, 1.807) is 9.58 Å². The van der Waals surface area contributed by atoms with Gasteiger partial charge in [-0.15, -0.1) is 0 Å². The van der Waals surface area contributed by atoms with Crippen molar-refractivity contribution >= 4 is 16.1 Å². The molecule has 1 amide bonds. The Morgan fingerprint density at radius 3 is 2.41 bits per heavy atom. The standard InChI is InChI=1S/C17H27N5O6S/c23-17(20-4-9-26-10-5-20)16-14-13-28-8-1-15(14)22(19-16)3-2-18-29(24,25)21-6-11-27-12-7-21/h18H,1-13H2. The van der Waals surface area contributed by atoms with E-state index in [0.717, 1.165) is 11.3 Å². The van der Waals surface area contributed by atoms with E-state index < -0.39 is 10.2 Å². The second-order valence-electron chi connectivity index (χ2n) is 7.11. The molecule has 0 radical (unpaired) electrons. The van der Waals surface area contributed by atoms with Gasteiger partial charge in [0, 0.05) is 50.4 Å². The zero-order chi connectivity index (χ0) is 20.3. The number of hydrogen-bond acceptors (Lipinski definition) is 7. The smallest absolute Gasteiger partial charge is 0.279 e. The number of aromatic nitrogens is 2. The molecule has 162 valence electrons. The predicted molar refractivity (Wildman–Crippen MR) is 102 cm³/mol. The van der Waals surface area contributed by atoms with E-state index >= 15 is 0 Å². The zero-order valence-electron chi connectivity index (χ0n) is 16.3. The van der Waals surface area contributed by atoms with E-state index in [4.69, 9.17) is 14.2 Å². The van der Waals surface area contributed by atoms with Gasteiger partial charge in [0.15, 0.2) is 5.69 Å². The van der Waals surface area contributed by atoms with Crippen LogP contribution in [-0.2, 0) is 44.0 Å². The van der Waals surface area contributed by atoms with Crippen LogP contribution in [0.15, 0.2) is 0 Å². The first-order chi connectivity index (χ1) is 14.1. The number of carbonyl (C=O) groups excluding carboxylic acids is 1. The largest absolute Gasteiger partial charge is 0.379 e. The number of nitrogens with one attached hydrogen (secondary N) is 1. The lowest BCUT2D eigenvalue weighted by molar-refractivity contribution is 0.0294. The van der Waals surface area contributed by atoms with Crippen LogP contribution in [0.2, 0.25) is 0 Å². The van der Waals surface area contributed by atoms with Crippen molar-refractivity contribution in [1.29, 1.82) is 0 Å². The molecule has 3 aliphatic rings. The molecular formula is C17H27N5O6S. The van der Waals surface area contributed by atoms with E-state index in [0.29, 0.717) is 84.5 Å². The number of ether oxygens (including phenoxy) is 3. The summed E-state index contributed by atoms with van der Waals surface area (Å²) in [5, 5.41) is 4.54. The fourth-order valence-corrected chi connectivity index (χ4v) is 4.90. The summed E-state index contributed by atoms with van der Waals surface area (Å²) >= 11 is 0. The molecule has 2 fully saturated rings. The number of rotatable bonds is 6. The molecule has 11 nitrogen and oxygen atoms in total. The Balaban J connectivity index is 1.44. The summed E-state index contributed by atoms with van der Waals surface area (Å²) in [5.41, 5.74) is 2.15. The van der Waals surface area contributed by atoms with Gasteiger partial charge in [-0.3, -0.25) is 9.48 Å². The highest BCUT2D eigenvalue weighted by atomic mass is 32.2. The fraction of sp³-hybridized carbons (Fsp3) is 0.765. The third kappa shape index (κ3) is 4.62. The quantitative estimate of drug-likeness (QED) is 0.591. The van der Waals surface area contributed by atoms with Gasteiger partial charge in [-0.1, -0.05) is 0 Å². The van der Waals surface area contributed by atoms with Crippen LogP contribution < -0.4 is 4.72 Å². The lowest BCUT2D eigenvalue weighted by Gasteiger charge is -2.26. The van der Waals surface area contributed by atoms with Gasteiger partial charge in [0.05, 0.1) is 46.2 Å².